The van der Waals surface area contributed by atoms with E-state index in [1.807, 2.05) is 6.07 Å². The molecular weight excluding hydrogens is 274 g/mol. The van der Waals surface area contributed by atoms with Crippen LogP contribution in [0.4, 0.5) is 0 Å². The second-order valence-corrected chi connectivity index (χ2v) is 5.76. The lowest BCUT2D eigenvalue weighted by Gasteiger charge is -2.31. The summed E-state index contributed by atoms with van der Waals surface area (Å²) in [5.74, 6) is -0.0668. The van der Waals surface area contributed by atoms with Crippen LogP contribution in [0.1, 0.15) is 29.9 Å². The third-order valence-corrected chi connectivity index (χ3v) is 4.30. The van der Waals surface area contributed by atoms with Crippen molar-refractivity contribution in [1.82, 2.24) is 14.5 Å². The molecule has 0 atom stereocenters. The summed E-state index contributed by atoms with van der Waals surface area (Å²) in [6.07, 6.45) is 4.43. The highest BCUT2D eigenvalue weighted by Gasteiger charge is 2.27. The fourth-order valence-electron chi connectivity index (χ4n) is 3.01. The maximum absolute atomic E-state index is 12.2. The van der Waals surface area contributed by atoms with Gasteiger partial charge in [-0.05, 0) is 25.5 Å². The summed E-state index contributed by atoms with van der Waals surface area (Å²) in [5.41, 5.74) is 3.24. The number of alkyl halides is 1. The molecule has 0 bridgehead atoms. The number of carbonyl (C=O) groups is 1. The van der Waals surface area contributed by atoms with Gasteiger partial charge in [0.05, 0.1) is 11.7 Å². The Morgan fingerprint density at radius 2 is 2.30 bits per heavy atom. The van der Waals surface area contributed by atoms with Crippen molar-refractivity contribution in [2.24, 2.45) is 0 Å². The van der Waals surface area contributed by atoms with Crippen molar-refractivity contribution >= 4 is 28.4 Å². The molecule has 3 rings (SSSR count). The molecule has 0 aromatic carbocycles. The monoisotopic (exact) mass is 291 g/mol. The fraction of sp³-hybridized carbons (Fsp3) is 0.467. The first-order valence-corrected chi connectivity index (χ1v) is 7.46. The van der Waals surface area contributed by atoms with Crippen molar-refractivity contribution in [3.8, 4) is 0 Å². The summed E-state index contributed by atoms with van der Waals surface area (Å²) >= 11 is 5.76. The number of carbonyl (C=O) groups excluding carboxylic acids is 1. The molecule has 1 aliphatic heterocycles. The van der Waals surface area contributed by atoms with Gasteiger partial charge in [0.2, 0.25) is 5.91 Å². The van der Waals surface area contributed by atoms with Crippen LogP contribution in [0.5, 0.6) is 0 Å². The highest BCUT2D eigenvalue weighted by molar-refractivity contribution is 6.28. The molecule has 2 aromatic heterocycles. The third kappa shape index (κ3) is 2.03. The number of rotatable bonds is 2. The summed E-state index contributed by atoms with van der Waals surface area (Å²) < 4.78 is 1.77. The predicted octanol–water partition coefficient (Wildman–Crippen LogP) is 2.68. The molecule has 20 heavy (non-hydrogen) atoms. The lowest BCUT2D eigenvalue weighted by molar-refractivity contribution is 0.0939. The average Bonchev–Trinajstić information content (AvgIpc) is 2.80. The number of hydrogen-bond donors (Lipinski definition) is 0. The SMILES string of the molecule is CC(C)N1CCc2c(c3ccncc3n2C(=O)CCl)C1. The first-order valence-electron chi connectivity index (χ1n) is 6.93. The van der Waals surface area contributed by atoms with E-state index in [9.17, 15) is 4.79 Å². The Labute approximate surface area is 123 Å². The maximum atomic E-state index is 12.2. The van der Waals surface area contributed by atoms with Crippen molar-refractivity contribution in [2.45, 2.75) is 32.9 Å². The first-order chi connectivity index (χ1) is 9.63. The summed E-state index contributed by atoms with van der Waals surface area (Å²) in [7, 11) is 0. The van der Waals surface area contributed by atoms with Crippen LogP contribution in [0, 0.1) is 0 Å². The summed E-state index contributed by atoms with van der Waals surface area (Å²) in [5, 5.41) is 1.12. The van der Waals surface area contributed by atoms with Gasteiger partial charge in [-0.1, -0.05) is 0 Å². The number of fused-ring (bicyclic) bond motifs is 3. The van der Waals surface area contributed by atoms with Crippen LogP contribution in [0.3, 0.4) is 0 Å². The zero-order chi connectivity index (χ0) is 14.3. The standard InChI is InChI=1S/C15H18ClN3O/c1-10(2)18-6-4-13-12(9-18)11-3-5-17-8-14(11)19(13)15(20)7-16/h3,5,8,10H,4,6-7,9H2,1-2H3. The van der Waals surface area contributed by atoms with E-state index < -0.39 is 0 Å². The largest absolute Gasteiger partial charge is 0.296 e. The van der Waals surface area contributed by atoms with Crippen LogP contribution in [0.15, 0.2) is 18.5 Å². The van der Waals surface area contributed by atoms with Gasteiger partial charge < -0.3 is 0 Å². The van der Waals surface area contributed by atoms with Gasteiger partial charge in [-0.2, -0.15) is 0 Å². The van der Waals surface area contributed by atoms with E-state index in [0.717, 1.165) is 36.1 Å². The molecule has 0 unspecified atom stereocenters. The molecule has 0 fully saturated rings. The van der Waals surface area contributed by atoms with Crippen LogP contribution in [0.2, 0.25) is 0 Å². The van der Waals surface area contributed by atoms with Crippen LogP contribution >= 0.6 is 11.6 Å². The molecule has 0 spiro atoms. The van der Waals surface area contributed by atoms with Crippen molar-refractivity contribution in [3.63, 3.8) is 0 Å². The van der Waals surface area contributed by atoms with Crippen LogP contribution in [0.25, 0.3) is 10.9 Å². The summed E-state index contributed by atoms with van der Waals surface area (Å²) in [6.45, 7) is 6.27. The fourth-order valence-corrected chi connectivity index (χ4v) is 3.13. The second kappa shape index (κ2) is 5.19. The Morgan fingerprint density at radius 3 is 3.00 bits per heavy atom. The molecule has 0 saturated carbocycles. The molecule has 4 nitrogen and oxygen atoms in total. The highest BCUT2D eigenvalue weighted by atomic mass is 35.5. The van der Waals surface area contributed by atoms with E-state index in [1.54, 1.807) is 17.0 Å². The Hall–Kier alpha value is -1.39. The molecule has 3 heterocycles. The number of halogens is 1. The number of hydrogen-bond acceptors (Lipinski definition) is 3. The van der Waals surface area contributed by atoms with E-state index in [1.165, 1.54) is 5.56 Å². The predicted molar refractivity (Wildman–Crippen MR) is 80.3 cm³/mol. The molecule has 0 amide bonds. The Morgan fingerprint density at radius 1 is 1.50 bits per heavy atom. The summed E-state index contributed by atoms with van der Waals surface area (Å²) in [4.78, 5) is 18.8. The molecule has 0 N–H and O–H groups in total. The molecule has 2 aromatic rings. The average molecular weight is 292 g/mol. The lowest BCUT2D eigenvalue weighted by Crippen LogP contribution is -2.36. The van der Waals surface area contributed by atoms with Gasteiger partial charge in [-0.3, -0.25) is 19.2 Å². The molecule has 5 heteroatoms. The minimum Gasteiger partial charge on any atom is -0.296 e. The minimum atomic E-state index is -0.0658. The van der Waals surface area contributed by atoms with Crippen molar-refractivity contribution in [2.75, 3.05) is 12.4 Å². The van der Waals surface area contributed by atoms with Gasteiger partial charge in [0.15, 0.2) is 0 Å². The quantitative estimate of drug-likeness (QED) is 0.799. The molecule has 106 valence electrons. The van der Waals surface area contributed by atoms with E-state index in [2.05, 4.69) is 23.7 Å². The van der Waals surface area contributed by atoms with Crippen molar-refractivity contribution in [3.05, 3.63) is 29.7 Å². The summed E-state index contributed by atoms with van der Waals surface area (Å²) in [6, 6.07) is 2.50. The Balaban J connectivity index is 2.20. The lowest BCUT2D eigenvalue weighted by atomic mass is 10.0. The smallest absolute Gasteiger partial charge is 0.246 e. The number of pyridine rings is 1. The zero-order valence-corrected chi connectivity index (χ0v) is 12.5. The van der Waals surface area contributed by atoms with Crippen LogP contribution in [-0.2, 0) is 13.0 Å². The Kier molecular flexibility index (Phi) is 3.52. The van der Waals surface area contributed by atoms with Gasteiger partial charge in [-0.15, -0.1) is 11.6 Å². The van der Waals surface area contributed by atoms with Gasteiger partial charge >= 0.3 is 0 Å². The third-order valence-electron chi connectivity index (χ3n) is 4.08. The van der Waals surface area contributed by atoms with E-state index >= 15 is 0 Å². The zero-order valence-electron chi connectivity index (χ0n) is 11.8. The van der Waals surface area contributed by atoms with E-state index in [-0.39, 0.29) is 11.8 Å². The Bertz CT molecular complexity index is 662. The minimum absolute atomic E-state index is 0.000983. The van der Waals surface area contributed by atoms with Gasteiger partial charge in [0, 0.05) is 42.8 Å². The first kappa shape index (κ1) is 13.6. The number of nitrogens with zero attached hydrogens (tertiary/aromatic N) is 3. The maximum Gasteiger partial charge on any atom is 0.246 e. The van der Waals surface area contributed by atoms with Crippen LogP contribution < -0.4 is 0 Å². The van der Waals surface area contributed by atoms with Crippen molar-refractivity contribution < 1.29 is 4.79 Å². The van der Waals surface area contributed by atoms with Gasteiger partial charge in [-0.25, -0.2) is 0 Å². The molecule has 0 aliphatic carbocycles. The van der Waals surface area contributed by atoms with E-state index in [4.69, 9.17) is 11.6 Å². The normalized spacial score (nSPS) is 15.8. The van der Waals surface area contributed by atoms with E-state index in [0.29, 0.717) is 6.04 Å². The number of aromatic nitrogens is 2. The van der Waals surface area contributed by atoms with Crippen molar-refractivity contribution in [1.29, 1.82) is 0 Å². The second-order valence-electron chi connectivity index (χ2n) is 5.50. The topological polar surface area (TPSA) is 38.1 Å². The van der Waals surface area contributed by atoms with Gasteiger partial charge in [0.25, 0.3) is 0 Å². The molecule has 0 saturated heterocycles. The van der Waals surface area contributed by atoms with Gasteiger partial charge in [0.1, 0.15) is 5.88 Å². The molecular formula is C15H18ClN3O. The highest BCUT2D eigenvalue weighted by Crippen LogP contribution is 2.31. The molecule has 0 radical (unpaired) electrons. The molecule has 1 aliphatic rings. The van der Waals surface area contributed by atoms with Crippen LogP contribution in [-0.4, -0.2) is 38.8 Å².